The van der Waals surface area contributed by atoms with Gasteiger partial charge in [-0.15, -0.1) is 0 Å². The Morgan fingerprint density at radius 3 is 2.65 bits per heavy atom. The second-order valence-electron chi connectivity index (χ2n) is 10.0. The van der Waals surface area contributed by atoms with Gasteiger partial charge in [-0.25, -0.2) is 4.39 Å². The van der Waals surface area contributed by atoms with Crippen molar-refractivity contribution < 1.29 is 23.5 Å². The molecule has 1 aliphatic carbocycles. The number of hydrogen-bond donors (Lipinski definition) is 0. The van der Waals surface area contributed by atoms with Crippen molar-refractivity contribution in [2.75, 3.05) is 18.2 Å². The third kappa shape index (κ3) is 4.85. The van der Waals surface area contributed by atoms with Crippen LogP contribution in [0.5, 0.6) is 5.75 Å². The van der Waals surface area contributed by atoms with Crippen molar-refractivity contribution in [3.05, 3.63) is 50.7 Å². The molecule has 0 radical (unpaired) electrons. The molecule has 34 heavy (non-hydrogen) atoms. The molecule has 0 saturated heterocycles. The number of carbonyl (C=O) groups is 2. The van der Waals surface area contributed by atoms with Crippen LogP contribution in [0.4, 0.5) is 10.1 Å². The SMILES string of the molecule is CBc1c(C(=O)c2cc(F)ccc2Cl)c(Br)cc2c1N(COCC[Si](C)(C)C)C(=O)C1(CC1)O2. The number of halogens is 3. The Morgan fingerprint density at radius 2 is 2.03 bits per heavy atom. The summed E-state index contributed by atoms with van der Waals surface area (Å²) in [5, 5.41) is 0.161. The van der Waals surface area contributed by atoms with E-state index in [2.05, 4.69) is 35.6 Å². The quantitative estimate of drug-likeness (QED) is 0.252. The molecule has 180 valence electrons. The highest BCUT2D eigenvalue weighted by Gasteiger charge is 2.58. The summed E-state index contributed by atoms with van der Waals surface area (Å²) in [6.07, 6.45) is 1.30. The molecule has 1 heterocycles. The molecule has 0 aromatic heterocycles. The molecule has 0 bridgehead atoms. The van der Waals surface area contributed by atoms with E-state index in [-0.39, 0.29) is 23.2 Å². The zero-order valence-electron chi connectivity index (χ0n) is 19.8. The van der Waals surface area contributed by atoms with Crippen LogP contribution in [0, 0.1) is 5.82 Å². The van der Waals surface area contributed by atoms with E-state index in [1.54, 1.807) is 11.0 Å². The maximum absolute atomic E-state index is 13.9. The minimum Gasteiger partial charge on any atom is -0.475 e. The maximum atomic E-state index is 13.9. The van der Waals surface area contributed by atoms with Gasteiger partial charge in [0.1, 0.15) is 18.3 Å². The molecule has 0 atom stereocenters. The van der Waals surface area contributed by atoms with Crippen LogP contribution in [0.2, 0.25) is 37.5 Å². The highest BCUT2D eigenvalue weighted by Crippen LogP contribution is 2.50. The van der Waals surface area contributed by atoms with E-state index >= 15 is 0 Å². The predicted molar refractivity (Wildman–Crippen MR) is 141 cm³/mol. The average molecular weight is 567 g/mol. The molecule has 10 heteroatoms. The van der Waals surface area contributed by atoms with Crippen molar-refractivity contribution in [3.8, 4) is 5.75 Å². The number of carbonyl (C=O) groups excluding carboxylic acids is 2. The number of fused-ring (bicyclic) bond motifs is 1. The largest absolute Gasteiger partial charge is 0.475 e. The molecule has 1 spiro atoms. The minimum absolute atomic E-state index is 0.0664. The van der Waals surface area contributed by atoms with Crippen molar-refractivity contribution in [1.29, 1.82) is 0 Å². The van der Waals surface area contributed by atoms with Crippen LogP contribution in [-0.4, -0.2) is 46.0 Å². The number of ether oxygens (including phenoxy) is 2. The van der Waals surface area contributed by atoms with Gasteiger partial charge in [-0.1, -0.05) is 38.1 Å². The summed E-state index contributed by atoms with van der Waals surface area (Å²) in [4.78, 5) is 28.6. The molecule has 1 fully saturated rings. The van der Waals surface area contributed by atoms with Crippen molar-refractivity contribution in [3.63, 3.8) is 0 Å². The Labute approximate surface area is 214 Å². The molecule has 1 aliphatic heterocycles. The lowest BCUT2D eigenvalue weighted by Gasteiger charge is -2.37. The summed E-state index contributed by atoms with van der Waals surface area (Å²) < 4.78 is 26.6. The van der Waals surface area contributed by atoms with Crippen molar-refractivity contribution in [2.45, 2.75) is 51.0 Å². The van der Waals surface area contributed by atoms with E-state index in [9.17, 15) is 14.0 Å². The summed E-state index contributed by atoms with van der Waals surface area (Å²) in [6.45, 7) is 9.37. The zero-order chi connectivity index (χ0) is 24.8. The standard InChI is InChI=1S/C24H27BBrClFNO4Si/c1-25-20-19(22(30)15-11-14(28)5-6-17(15)27)16(26)12-18-21(20)29(13-32-9-10-34(2,3)4)23(31)24(33-18)7-8-24/h5-6,11-12,25H,7-10,13H2,1-4H3. The van der Waals surface area contributed by atoms with Gasteiger partial charge >= 0.3 is 0 Å². The van der Waals surface area contributed by atoms with E-state index < -0.39 is 25.3 Å². The molecular formula is C24H27BBrClFNO4Si. The third-order valence-electron chi connectivity index (χ3n) is 6.20. The number of hydrogen-bond acceptors (Lipinski definition) is 4. The highest BCUT2D eigenvalue weighted by molar-refractivity contribution is 9.10. The normalized spacial score (nSPS) is 16.3. The van der Waals surface area contributed by atoms with Gasteiger partial charge in [0.25, 0.3) is 5.91 Å². The molecular weight excluding hydrogens is 540 g/mol. The van der Waals surface area contributed by atoms with Crippen LogP contribution in [-0.2, 0) is 9.53 Å². The Bertz CT molecular complexity index is 1170. The first-order valence-corrected chi connectivity index (χ1v) is 16.3. The van der Waals surface area contributed by atoms with Gasteiger partial charge in [0.15, 0.2) is 18.7 Å². The van der Waals surface area contributed by atoms with Crippen LogP contribution in [0.1, 0.15) is 28.8 Å². The molecule has 1 saturated carbocycles. The minimum atomic E-state index is -1.29. The molecule has 2 aromatic rings. The maximum Gasteiger partial charge on any atom is 0.273 e. The van der Waals surface area contributed by atoms with Crippen LogP contribution in [0.15, 0.2) is 28.7 Å². The van der Waals surface area contributed by atoms with Gasteiger partial charge in [-0.05, 0) is 51.7 Å². The summed E-state index contributed by atoms with van der Waals surface area (Å²) >= 11 is 9.76. The number of nitrogens with zero attached hydrogens (tertiary/aromatic N) is 1. The molecule has 0 unspecified atom stereocenters. The van der Waals surface area contributed by atoms with Gasteiger partial charge in [0.05, 0.1) is 10.7 Å². The lowest BCUT2D eigenvalue weighted by Crippen LogP contribution is -2.51. The van der Waals surface area contributed by atoms with Crippen LogP contribution in [0.3, 0.4) is 0 Å². The Morgan fingerprint density at radius 1 is 1.32 bits per heavy atom. The molecule has 2 aromatic carbocycles. The lowest BCUT2D eigenvalue weighted by atomic mass is 9.68. The molecule has 5 nitrogen and oxygen atoms in total. The average Bonchev–Trinajstić information content (AvgIpc) is 3.53. The fourth-order valence-corrected chi connectivity index (χ4v) is 5.71. The summed E-state index contributed by atoms with van der Waals surface area (Å²) in [6, 6.07) is 6.41. The lowest BCUT2D eigenvalue weighted by molar-refractivity contribution is -0.129. The third-order valence-corrected chi connectivity index (χ3v) is 8.86. The topological polar surface area (TPSA) is 55.8 Å². The van der Waals surface area contributed by atoms with Crippen LogP contribution >= 0.6 is 27.5 Å². The first-order chi connectivity index (χ1) is 16.0. The summed E-state index contributed by atoms with van der Waals surface area (Å²) in [5.74, 6) is -0.579. The Hall–Kier alpha value is -1.68. The van der Waals surface area contributed by atoms with Gasteiger partial charge in [0.2, 0.25) is 0 Å². The molecule has 4 rings (SSSR count). The number of rotatable bonds is 8. The van der Waals surface area contributed by atoms with Crippen molar-refractivity contribution in [2.24, 2.45) is 0 Å². The summed E-state index contributed by atoms with van der Waals surface area (Å²) in [5.41, 5.74) is 0.724. The van der Waals surface area contributed by atoms with Gasteiger partial charge < -0.3 is 9.47 Å². The number of ketones is 1. The molecule has 0 N–H and O–H groups in total. The fourth-order valence-electron chi connectivity index (χ4n) is 4.12. The second-order valence-corrected chi connectivity index (χ2v) is 16.9. The number of benzene rings is 2. The van der Waals surface area contributed by atoms with Crippen LogP contribution in [0.25, 0.3) is 0 Å². The summed E-state index contributed by atoms with van der Waals surface area (Å²) in [7, 11) is -0.843. The predicted octanol–water partition coefficient (Wildman–Crippen LogP) is 5.15. The second kappa shape index (κ2) is 9.41. The molecule has 2 aliphatic rings. The van der Waals surface area contributed by atoms with Crippen molar-refractivity contribution in [1.82, 2.24) is 0 Å². The Kier molecular flexibility index (Phi) is 7.03. The van der Waals surface area contributed by atoms with Crippen LogP contribution < -0.4 is 15.1 Å². The van der Waals surface area contributed by atoms with E-state index in [1.165, 1.54) is 12.1 Å². The van der Waals surface area contributed by atoms with Gasteiger partial charge in [0, 0.05) is 43.1 Å². The number of anilines is 1. The Balaban J connectivity index is 1.77. The zero-order valence-corrected chi connectivity index (χ0v) is 23.1. The van der Waals surface area contributed by atoms with E-state index in [4.69, 9.17) is 21.1 Å². The first kappa shape index (κ1) is 25.4. The number of amides is 1. The van der Waals surface area contributed by atoms with Gasteiger partial charge in [-0.3, -0.25) is 14.5 Å². The van der Waals surface area contributed by atoms with E-state index in [1.807, 2.05) is 6.82 Å². The van der Waals surface area contributed by atoms with Gasteiger partial charge in [-0.2, -0.15) is 0 Å². The smallest absolute Gasteiger partial charge is 0.273 e. The van der Waals surface area contributed by atoms with E-state index in [0.717, 1.165) is 12.1 Å². The highest BCUT2D eigenvalue weighted by atomic mass is 79.9. The van der Waals surface area contributed by atoms with E-state index in [0.29, 0.717) is 53.7 Å². The van der Waals surface area contributed by atoms with Crippen molar-refractivity contribution >= 4 is 65.7 Å². The monoisotopic (exact) mass is 565 g/mol. The first-order valence-electron chi connectivity index (χ1n) is 11.4. The fraction of sp³-hybridized carbons (Fsp3) is 0.417. The molecule has 1 amide bonds.